The molecule has 1 atom stereocenters. The number of amides is 1. The fourth-order valence-corrected chi connectivity index (χ4v) is 3.66. The van der Waals surface area contributed by atoms with Crippen molar-refractivity contribution in [1.29, 1.82) is 0 Å². The van der Waals surface area contributed by atoms with Gasteiger partial charge in [0.2, 0.25) is 5.91 Å². The van der Waals surface area contributed by atoms with Crippen LogP contribution in [0.2, 0.25) is 0 Å². The monoisotopic (exact) mass is 349 g/mol. The third kappa shape index (κ3) is 5.03. The predicted octanol–water partition coefficient (Wildman–Crippen LogP) is 0.529. The standard InChI is InChI=1S/C18H31N5O2/c1-21(2)10-11-23-9-5-20-18(23)15-3-7-22(8-4-15)17(24)13-16-14-25-12-6-19-16/h5,9,15-16,19H,3-4,6-8,10-14H2,1-2H3/t16-/m0/s1. The topological polar surface area (TPSA) is 62.6 Å². The van der Waals surface area contributed by atoms with E-state index in [2.05, 4.69) is 40.1 Å². The molecule has 0 radical (unpaired) electrons. The molecule has 0 aliphatic carbocycles. The number of morpholine rings is 1. The highest BCUT2D eigenvalue weighted by atomic mass is 16.5. The van der Waals surface area contributed by atoms with Gasteiger partial charge in [-0.25, -0.2) is 4.98 Å². The van der Waals surface area contributed by atoms with E-state index in [1.807, 2.05) is 11.1 Å². The molecule has 0 spiro atoms. The van der Waals surface area contributed by atoms with Crippen molar-refractivity contribution in [3.05, 3.63) is 18.2 Å². The van der Waals surface area contributed by atoms with Gasteiger partial charge in [0.15, 0.2) is 0 Å². The van der Waals surface area contributed by atoms with Crippen LogP contribution in [-0.4, -0.2) is 84.8 Å². The van der Waals surface area contributed by atoms with Crippen LogP contribution in [0.3, 0.4) is 0 Å². The normalized spacial score (nSPS) is 22.5. The maximum Gasteiger partial charge on any atom is 0.224 e. The molecule has 2 saturated heterocycles. The Balaban J connectivity index is 1.48. The fourth-order valence-electron chi connectivity index (χ4n) is 3.66. The molecule has 7 heteroatoms. The maximum atomic E-state index is 12.5. The minimum Gasteiger partial charge on any atom is -0.378 e. The number of likely N-dealkylation sites (N-methyl/N-ethyl adjacent to an activating group) is 1. The van der Waals surface area contributed by atoms with Gasteiger partial charge in [-0.2, -0.15) is 0 Å². The first-order valence-electron chi connectivity index (χ1n) is 9.38. The predicted molar refractivity (Wildman–Crippen MR) is 96.6 cm³/mol. The summed E-state index contributed by atoms with van der Waals surface area (Å²) in [6.07, 6.45) is 6.52. The molecular formula is C18H31N5O2. The second-order valence-corrected chi connectivity index (χ2v) is 7.37. The Labute approximate surface area is 150 Å². The molecule has 0 aromatic carbocycles. The number of nitrogens with zero attached hydrogens (tertiary/aromatic N) is 4. The van der Waals surface area contributed by atoms with Gasteiger partial charge in [-0.05, 0) is 26.9 Å². The molecule has 0 saturated carbocycles. The summed E-state index contributed by atoms with van der Waals surface area (Å²) in [7, 11) is 4.18. The number of carbonyl (C=O) groups excluding carboxylic acids is 1. The molecule has 1 N–H and O–H groups in total. The van der Waals surface area contributed by atoms with Gasteiger partial charge >= 0.3 is 0 Å². The lowest BCUT2D eigenvalue weighted by atomic mass is 9.95. The quantitative estimate of drug-likeness (QED) is 0.812. The van der Waals surface area contributed by atoms with Crippen LogP contribution in [0.15, 0.2) is 12.4 Å². The molecule has 7 nitrogen and oxygen atoms in total. The van der Waals surface area contributed by atoms with Crippen molar-refractivity contribution in [2.75, 3.05) is 53.5 Å². The van der Waals surface area contributed by atoms with Crippen LogP contribution < -0.4 is 5.32 Å². The van der Waals surface area contributed by atoms with E-state index in [0.29, 0.717) is 18.9 Å². The van der Waals surface area contributed by atoms with Gasteiger partial charge in [0.25, 0.3) is 0 Å². The summed E-state index contributed by atoms with van der Waals surface area (Å²) in [5.74, 6) is 1.88. The number of hydrogen-bond donors (Lipinski definition) is 1. The number of hydrogen-bond acceptors (Lipinski definition) is 5. The third-order valence-corrected chi connectivity index (χ3v) is 5.17. The SMILES string of the molecule is CN(C)CCn1ccnc1C1CCN(C(=O)C[C@H]2COCCN2)CC1. The lowest BCUT2D eigenvalue weighted by Crippen LogP contribution is -2.46. The van der Waals surface area contributed by atoms with Gasteiger partial charge in [0.05, 0.1) is 13.2 Å². The lowest BCUT2D eigenvalue weighted by Gasteiger charge is -2.33. The Kier molecular flexibility index (Phi) is 6.45. The summed E-state index contributed by atoms with van der Waals surface area (Å²) in [6, 6.07) is 0.170. The van der Waals surface area contributed by atoms with E-state index in [1.54, 1.807) is 0 Å². The molecule has 140 valence electrons. The number of nitrogens with one attached hydrogen (secondary N) is 1. The molecule has 2 aliphatic rings. The van der Waals surface area contributed by atoms with E-state index in [9.17, 15) is 4.79 Å². The number of piperidine rings is 1. The van der Waals surface area contributed by atoms with E-state index >= 15 is 0 Å². The molecule has 0 bridgehead atoms. The fraction of sp³-hybridized carbons (Fsp3) is 0.778. The van der Waals surface area contributed by atoms with Crippen molar-refractivity contribution < 1.29 is 9.53 Å². The average molecular weight is 349 g/mol. The number of carbonyl (C=O) groups is 1. The van der Waals surface area contributed by atoms with Crippen molar-refractivity contribution in [2.24, 2.45) is 0 Å². The van der Waals surface area contributed by atoms with E-state index in [1.165, 1.54) is 5.82 Å². The minimum atomic E-state index is 0.170. The molecule has 25 heavy (non-hydrogen) atoms. The smallest absolute Gasteiger partial charge is 0.224 e. The Hall–Kier alpha value is -1.44. The van der Waals surface area contributed by atoms with Crippen molar-refractivity contribution in [3.63, 3.8) is 0 Å². The van der Waals surface area contributed by atoms with E-state index < -0.39 is 0 Å². The van der Waals surface area contributed by atoms with Crippen molar-refractivity contribution in [3.8, 4) is 0 Å². The van der Waals surface area contributed by atoms with Crippen molar-refractivity contribution in [1.82, 2.24) is 24.7 Å². The summed E-state index contributed by atoms with van der Waals surface area (Å²) in [4.78, 5) is 21.3. The zero-order valence-electron chi connectivity index (χ0n) is 15.5. The van der Waals surface area contributed by atoms with Crippen LogP contribution >= 0.6 is 0 Å². The van der Waals surface area contributed by atoms with Crippen LogP contribution in [0, 0.1) is 0 Å². The Bertz CT molecular complexity index is 545. The largest absolute Gasteiger partial charge is 0.378 e. The van der Waals surface area contributed by atoms with Gasteiger partial charge in [-0.1, -0.05) is 0 Å². The second-order valence-electron chi connectivity index (χ2n) is 7.37. The zero-order chi connectivity index (χ0) is 17.6. The summed E-state index contributed by atoms with van der Waals surface area (Å²) >= 11 is 0. The van der Waals surface area contributed by atoms with Gasteiger partial charge in [0.1, 0.15) is 5.82 Å². The first-order chi connectivity index (χ1) is 12.1. The number of ether oxygens (including phenoxy) is 1. The van der Waals surface area contributed by atoms with Crippen molar-refractivity contribution in [2.45, 2.75) is 37.8 Å². The number of likely N-dealkylation sites (tertiary alicyclic amines) is 1. The molecule has 1 aromatic rings. The average Bonchev–Trinajstić information content (AvgIpc) is 3.09. The highest BCUT2D eigenvalue weighted by Gasteiger charge is 2.28. The van der Waals surface area contributed by atoms with Crippen LogP contribution in [0.4, 0.5) is 0 Å². The van der Waals surface area contributed by atoms with E-state index in [-0.39, 0.29) is 11.9 Å². The number of imidazole rings is 1. The van der Waals surface area contributed by atoms with Gasteiger partial charge in [-0.15, -0.1) is 0 Å². The Morgan fingerprint density at radius 2 is 2.20 bits per heavy atom. The summed E-state index contributed by atoms with van der Waals surface area (Å²) in [5, 5.41) is 3.36. The Morgan fingerprint density at radius 1 is 1.40 bits per heavy atom. The molecule has 0 unspecified atom stereocenters. The third-order valence-electron chi connectivity index (χ3n) is 5.17. The molecule has 1 aromatic heterocycles. The summed E-state index contributed by atoms with van der Waals surface area (Å²) in [6.45, 7) is 5.87. The van der Waals surface area contributed by atoms with Gasteiger partial charge < -0.3 is 24.4 Å². The molecule has 1 amide bonds. The van der Waals surface area contributed by atoms with E-state index in [0.717, 1.165) is 52.2 Å². The first kappa shape index (κ1) is 18.4. The molecule has 2 fully saturated rings. The first-order valence-corrected chi connectivity index (χ1v) is 9.38. The summed E-state index contributed by atoms with van der Waals surface area (Å²) in [5.41, 5.74) is 0. The molecular weight excluding hydrogens is 318 g/mol. The highest BCUT2D eigenvalue weighted by molar-refractivity contribution is 5.77. The maximum absolute atomic E-state index is 12.5. The zero-order valence-corrected chi connectivity index (χ0v) is 15.5. The molecule has 2 aliphatic heterocycles. The Morgan fingerprint density at radius 3 is 2.88 bits per heavy atom. The van der Waals surface area contributed by atoms with Gasteiger partial charge in [0, 0.05) is 63.5 Å². The number of rotatable bonds is 6. The van der Waals surface area contributed by atoms with Crippen LogP contribution in [0.25, 0.3) is 0 Å². The van der Waals surface area contributed by atoms with Crippen LogP contribution in [0.5, 0.6) is 0 Å². The number of aromatic nitrogens is 2. The second kappa shape index (κ2) is 8.78. The van der Waals surface area contributed by atoms with Crippen molar-refractivity contribution >= 4 is 5.91 Å². The highest BCUT2D eigenvalue weighted by Crippen LogP contribution is 2.27. The van der Waals surface area contributed by atoms with E-state index in [4.69, 9.17) is 4.74 Å². The lowest BCUT2D eigenvalue weighted by molar-refractivity contribution is -0.133. The minimum absolute atomic E-state index is 0.170. The van der Waals surface area contributed by atoms with Gasteiger partial charge in [-0.3, -0.25) is 4.79 Å². The molecule has 3 heterocycles. The van der Waals surface area contributed by atoms with Crippen LogP contribution in [0.1, 0.15) is 31.0 Å². The summed E-state index contributed by atoms with van der Waals surface area (Å²) < 4.78 is 7.71. The van der Waals surface area contributed by atoms with Crippen LogP contribution in [-0.2, 0) is 16.1 Å². The molecule has 3 rings (SSSR count).